The van der Waals surface area contributed by atoms with Gasteiger partial charge in [0, 0.05) is 69.9 Å². The number of hydrogen-bond donors (Lipinski definition) is 0. The van der Waals surface area contributed by atoms with Gasteiger partial charge in [0.1, 0.15) is 0 Å². The molecule has 0 unspecified atom stereocenters. The Bertz CT molecular complexity index is 3980. The molecule has 0 atom stereocenters. The highest BCUT2D eigenvalue weighted by Crippen LogP contribution is 2.43. The van der Waals surface area contributed by atoms with Crippen LogP contribution in [-0.2, 0) is 0 Å². The minimum Gasteiger partial charge on any atom is -0.311 e. The summed E-state index contributed by atoms with van der Waals surface area (Å²) in [5, 5.41) is 7.66. The Morgan fingerprint density at radius 1 is 0.257 bits per heavy atom. The van der Waals surface area contributed by atoms with Gasteiger partial charge in [-0.3, -0.25) is 0 Å². The predicted octanol–water partition coefficient (Wildman–Crippen LogP) is 18.7. The first-order valence-corrected chi connectivity index (χ1v) is 24.7. The third-order valence-electron chi connectivity index (χ3n) is 14.2. The number of rotatable bonds is 8. The molecule has 0 aliphatic heterocycles. The van der Waals surface area contributed by atoms with Gasteiger partial charge in [-0.1, -0.05) is 176 Å². The van der Waals surface area contributed by atoms with E-state index in [0.29, 0.717) is 0 Å². The van der Waals surface area contributed by atoms with Gasteiger partial charge in [-0.25, -0.2) is 0 Å². The number of benzene rings is 11. The molecule has 0 fully saturated rings. The zero-order valence-electron chi connectivity index (χ0n) is 38.1. The number of thiophene rings is 1. The molecule has 3 nitrogen and oxygen atoms in total. The molecule has 70 heavy (non-hydrogen) atoms. The van der Waals surface area contributed by atoms with E-state index in [2.05, 4.69) is 275 Å². The smallest absolute Gasteiger partial charge is 0.0541 e. The van der Waals surface area contributed by atoms with Gasteiger partial charge < -0.3 is 14.0 Å². The number of para-hydroxylation sites is 6. The van der Waals surface area contributed by atoms with E-state index in [1.165, 1.54) is 86.0 Å². The summed E-state index contributed by atoms with van der Waals surface area (Å²) in [6, 6.07) is 95.3. The summed E-state index contributed by atoms with van der Waals surface area (Å²) in [5.41, 5.74) is 17.4. The highest BCUT2D eigenvalue weighted by molar-refractivity contribution is 7.25. The van der Waals surface area contributed by atoms with Crippen molar-refractivity contribution in [1.29, 1.82) is 0 Å². The molecule has 0 N–H and O–H groups in total. The summed E-state index contributed by atoms with van der Waals surface area (Å²) in [7, 11) is 0. The van der Waals surface area contributed by atoms with Crippen LogP contribution in [0.25, 0.3) is 109 Å². The SMILES string of the molecule is c1ccc(-n2c3ccccc3c3ccccc32)c(-c2ccc(N(c3ccc(-c4ccc5c(c4)sc4ccccc45)cc3)c3ccc(-c4ccccc4-n4c5ccccc5c5ccccc54)cc3)cc2)c1. The Hall–Kier alpha value is -8.96. The van der Waals surface area contributed by atoms with Gasteiger partial charge in [0.2, 0.25) is 0 Å². The van der Waals surface area contributed by atoms with Gasteiger partial charge in [-0.05, 0) is 107 Å². The van der Waals surface area contributed by atoms with E-state index >= 15 is 0 Å². The van der Waals surface area contributed by atoms with Crippen molar-refractivity contribution >= 4 is 92.2 Å². The topological polar surface area (TPSA) is 13.1 Å². The molecule has 0 aliphatic carbocycles. The van der Waals surface area contributed by atoms with E-state index in [-0.39, 0.29) is 0 Å². The fourth-order valence-corrected chi connectivity index (χ4v) is 12.1. The molecule has 3 aromatic heterocycles. The van der Waals surface area contributed by atoms with E-state index in [1.54, 1.807) is 0 Å². The molecule has 0 saturated heterocycles. The van der Waals surface area contributed by atoms with E-state index < -0.39 is 0 Å². The normalized spacial score (nSPS) is 11.7. The molecular formula is C66H43N3S. The summed E-state index contributed by atoms with van der Waals surface area (Å²) in [6.45, 7) is 0. The summed E-state index contributed by atoms with van der Waals surface area (Å²) in [4.78, 5) is 2.38. The Labute approximate surface area is 409 Å². The van der Waals surface area contributed by atoms with Crippen LogP contribution in [0.1, 0.15) is 0 Å². The van der Waals surface area contributed by atoms with Gasteiger partial charge >= 0.3 is 0 Å². The van der Waals surface area contributed by atoms with Crippen LogP contribution in [0.3, 0.4) is 0 Å². The number of aromatic nitrogens is 2. The molecule has 0 saturated carbocycles. The lowest BCUT2D eigenvalue weighted by atomic mass is 10.0. The zero-order valence-corrected chi connectivity index (χ0v) is 38.9. The van der Waals surface area contributed by atoms with E-state index in [1.807, 2.05) is 11.3 Å². The fraction of sp³-hybridized carbons (Fsp3) is 0. The monoisotopic (exact) mass is 909 g/mol. The van der Waals surface area contributed by atoms with Crippen molar-refractivity contribution in [2.75, 3.05) is 4.90 Å². The van der Waals surface area contributed by atoms with Gasteiger partial charge in [0.05, 0.1) is 33.4 Å². The minimum absolute atomic E-state index is 1.08. The van der Waals surface area contributed by atoms with Gasteiger partial charge in [-0.2, -0.15) is 0 Å². The molecule has 4 heteroatoms. The Kier molecular flexibility index (Phi) is 9.39. The third-order valence-corrected chi connectivity index (χ3v) is 15.3. The van der Waals surface area contributed by atoms with Crippen LogP contribution >= 0.6 is 11.3 Å². The van der Waals surface area contributed by atoms with Crippen LogP contribution in [-0.4, -0.2) is 9.13 Å². The van der Waals surface area contributed by atoms with Crippen molar-refractivity contribution < 1.29 is 0 Å². The molecule has 0 amide bonds. The van der Waals surface area contributed by atoms with E-state index in [0.717, 1.165) is 39.6 Å². The van der Waals surface area contributed by atoms with Crippen molar-refractivity contribution in [3.05, 3.63) is 261 Å². The molecule has 0 radical (unpaired) electrons. The summed E-state index contributed by atoms with van der Waals surface area (Å²) in [6.07, 6.45) is 0. The van der Waals surface area contributed by atoms with Crippen LogP contribution in [0.15, 0.2) is 261 Å². The van der Waals surface area contributed by atoms with Crippen molar-refractivity contribution in [1.82, 2.24) is 9.13 Å². The number of anilines is 3. The number of hydrogen-bond acceptors (Lipinski definition) is 2. The second kappa shape index (κ2) is 16.4. The molecule has 3 heterocycles. The Morgan fingerprint density at radius 3 is 1.06 bits per heavy atom. The first-order chi connectivity index (χ1) is 34.7. The van der Waals surface area contributed by atoms with Crippen LogP contribution in [0, 0.1) is 0 Å². The maximum Gasteiger partial charge on any atom is 0.0541 e. The average molecular weight is 910 g/mol. The third kappa shape index (κ3) is 6.49. The van der Waals surface area contributed by atoms with Crippen molar-refractivity contribution in [2.24, 2.45) is 0 Å². The quantitative estimate of drug-likeness (QED) is 0.148. The molecule has 0 bridgehead atoms. The lowest BCUT2D eigenvalue weighted by molar-refractivity contribution is 1.18. The second-order valence-corrected chi connectivity index (χ2v) is 19.1. The van der Waals surface area contributed by atoms with Crippen LogP contribution in [0.5, 0.6) is 0 Å². The fourth-order valence-electron chi connectivity index (χ4n) is 10.9. The standard InChI is InChI=1S/C66H43N3S/c1-8-22-59(68-61-24-10-3-17-53(61)54-18-4-11-25-62(54)68)51(15-1)45-31-38-49(39-32-45)67(48-36-29-44(30-37-48)47-35-42-58-57-21-7-14-28-65(57)70-66(58)43-47)50-40-33-46(34-41-50)52-16-2-9-23-60(52)69-63-26-12-5-19-55(63)56-20-6-13-27-64(56)69/h1-43H. The molecule has 328 valence electrons. The predicted molar refractivity (Wildman–Crippen MR) is 299 cm³/mol. The lowest BCUT2D eigenvalue weighted by Crippen LogP contribution is -2.10. The molecular weight excluding hydrogens is 867 g/mol. The van der Waals surface area contributed by atoms with Crippen molar-refractivity contribution in [2.45, 2.75) is 0 Å². The minimum atomic E-state index is 1.08. The van der Waals surface area contributed by atoms with E-state index in [4.69, 9.17) is 0 Å². The maximum absolute atomic E-state index is 2.42. The highest BCUT2D eigenvalue weighted by atomic mass is 32.1. The molecule has 14 rings (SSSR count). The highest BCUT2D eigenvalue weighted by Gasteiger charge is 2.19. The molecule has 11 aromatic carbocycles. The first-order valence-electron chi connectivity index (χ1n) is 23.9. The Morgan fingerprint density at radius 2 is 0.600 bits per heavy atom. The second-order valence-electron chi connectivity index (χ2n) is 18.1. The Balaban J connectivity index is 0.869. The van der Waals surface area contributed by atoms with Crippen LogP contribution in [0.2, 0.25) is 0 Å². The lowest BCUT2D eigenvalue weighted by Gasteiger charge is -2.26. The zero-order chi connectivity index (χ0) is 46.1. The first kappa shape index (κ1) is 40.1. The maximum atomic E-state index is 2.42. The summed E-state index contributed by atoms with van der Waals surface area (Å²) < 4.78 is 7.47. The van der Waals surface area contributed by atoms with Gasteiger partial charge in [-0.15, -0.1) is 11.3 Å². The van der Waals surface area contributed by atoms with Crippen molar-refractivity contribution in [3.63, 3.8) is 0 Å². The molecule has 0 spiro atoms. The van der Waals surface area contributed by atoms with E-state index in [9.17, 15) is 0 Å². The van der Waals surface area contributed by atoms with Gasteiger partial charge in [0.25, 0.3) is 0 Å². The largest absolute Gasteiger partial charge is 0.311 e. The van der Waals surface area contributed by atoms with Crippen LogP contribution < -0.4 is 4.90 Å². The number of nitrogens with zero attached hydrogens (tertiary/aromatic N) is 3. The average Bonchev–Trinajstić information content (AvgIpc) is 4.09. The summed E-state index contributed by atoms with van der Waals surface area (Å²) in [5.74, 6) is 0. The summed E-state index contributed by atoms with van der Waals surface area (Å²) >= 11 is 1.86. The van der Waals surface area contributed by atoms with Crippen molar-refractivity contribution in [3.8, 4) is 44.8 Å². The van der Waals surface area contributed by atoms with Gasteiger partial charge in [0.15, 0.2) is 0 Å². The molecule has 0 aliphatic rings. The molecule has 14 aromatic rings. The van der Waals surface area contributed by atoms with Crippen LogP contribution in [0.4, 0.5) is 17.1 Å². The number of fused-ring (bicyclic) bond motifs is 9.